The Bertz CT molecular complexity index is 757. The summed E-state index contributed by atoms with van der Waals surface area (Å²) in [6, 6.07) is 10.1. The molecule has 0 amide bonds. The van der Waals surface area contributed by atoms with E-state index in [9.17, 15) is 0 Å². The van der Waals surface area contributed by atoms with Crippen LogP contribution in [0.25, 0.3) is 16.4 Å². The molecule has 0 N–H and O–H groups in total. The molecule has 1 aliphatic carbocycles. The van der Waals surface area contributed by atoms with Crippen LogP contribution in [-0.4, -0.2) is 24.4 Å². The lowest BCUT2D eigenvalue weighted by Gasteiger charge is -2.04. The van der Waals surface area contributed by atoms with Crippen LogP contribution < -0.4 is 0 Å². The Morgan fingerprint density at radius 3 is 2.76 bits per heavy atom. The molecule has 0 radical (unpaired) electrons. The first-order chi connectivity index (χ1) is 10.4. The zero-order valence-corrected chi connectivity index (χ0v) is 12.5. The normalized spacial score (nSPS) is 14.5. The van der Waals surface area contributed by atoms with Gasteiger partial charge in [-0.05, 0) is 42.9 Å². The van der Waals surface area contributed by atoms with Gasteiger partial charge in [-0.1, -0.05) is 29.6 Å². The highest BCUT2D eigenvalue weighted by Crippen LogP contribution is 2.39. The van der Waals surface area contributed by atoms with Crippen LogP contribution >= 0.6 is 11.5 Å². The molecule has 4 rings (SSSR count). The van der Waals surface area contributed by atoms with Crippen molar-refractivity contribution in [3.05, 3.63) is 41.9 Å². The van der Waals surface area contributed by atoms with Gasteiger partial charge < -0.3 is 0 Å². The van der Waals surface area contributed by atoms with E-state index in [1.165, 1.54) is 24.4 Å². The van der Waals surface area contributed by atoms with Crippen molar-refractivity contribution in [2.45, 2.75) is 32.1 Å². The first-order valence-electron chi connectivity index (χ1n) is 7.20. The highest BCUT2D eigenvalue weighted by molar-refractivity contribution is 7.09. The maximum absolute atomic E-state index is 4.78. The van der Waals surface area contributed by atoms with Gasteiger partial charge in [0.25, 0.3) is 0 Å². The SMILES string of the molecule is CCc1nnsc1-c1nc(C2CC2)nn1-c1ccccc1. The van der Waals surface area contributed by atoms with Crippen LogP contribution in [0.3, 0.4) is 0 Å². The molecule has 1 aliphatic rings. The van der Waals surface area contributed by atoms with Crippen molar-refractivity contribution in [1.29, 1.82) is 0 Å². The quantitative estimate of drug-likeness (QED) is 0.742. The van der Waals surface area contributed by atoms with E-state index in [1.54, 1.807) is 0 Å². The van der Waals surface area contributed by atoms with Gasteiger partial charge in [-0.15, -0.1) is 5.10 Å². The largest absolute Gasteiger partial charge is 0.212 e. The average molecular weight is 297 g/mol. The lowest BCUT2D eigenvalue weighted by Crippen LogP contribution is -2.00. The van der Waals surface area contributed by atoms with Gasteiger partial charge in [0.2, 0.25) is 0 Å². The Labute approximate surface area is 126 Å². The Hall–Kier alpha value is -2.08. The smallest absolute Gasteiger partial charge is 0.177 e. The van der Waals surface area contributed by atoms with E-state index in [4.69, 9.17) is 10.1 Å². The predicted molar refractivity (Wildman–Crippen MR) is 81.6 cm³/mol. The van der Waals surface area contributed by atoms with Crippen molar-refractivity contribution < 1.29 is 0 Å². The minimum Gasteiger partial charge on any atom is -0.212 e. The van der Waals surface area contributed by atoms with Gasteiger partial charge in [-0.3, -0.25) is 0 Å². The fraction of sp³-hybridized carbons (Fsp3) is 0.333. The number of rotatable bonds is 4. The number of aromatic nitrogens is 5. The number of hydrogen-bond donors (Lipinski definition) is 0. The van der Waals surface area contributed by atoms with E-state index in [-0.39, 0.29) is 0 Å². The Morgan fingerprint density at radius 1 is 1.24 bits per heavy atom. The molecule has 1 fully saturated rings. The van der Waals surface area contributed by atoms with Gasteiger partial charge >= 0.3 is 0 Å². The van der Waals surface area contributed by atoms with Crippen molar-refractivity contribution in [3.8, 4) is 16.4 Å². The van der Waals surface area contributed by atoms with Crippen LogP contribution in [0.4, 0.5) is 0 Å². The molecule has 21 heavy (non-hydrogen) atoms. The molecule has 2 aromatic heterocycles. The first-order valence-corrected chi connectivity index (χ1v) is 7.98. The average Bonchev–Trinajstić information content (AvgIpc) is 3.12. The van der Waals surface area contributed by atoms with Gasteiger partial charge in [-0.25, -0.2) is 9.67 Å². The van der Waals surface area contributed by atoms with E-state index >= 15 is 0 Å². The van der Waals surface area contributed by atoms with E-state index in [2.05, 4.69) is 28.6 Å². The minimum absolute atomic E-state index is 0.527. The van der Waals surface area contributed by atoms with Crippen LogP contribution in [-0.2, 0) is 6.42 Å². The zero-order chi connectivity index (χ0) is 14.2. The summed E-state index contributed by atoms with van der Waals surface area (Å²) in [5, 5.41) is 8.93. The molecule has 0 aliphatic heterocycles. The number of hydrogen-bond acceptors (Lipinski definition) is 5. The lowest BCUT2D eigenvalue weighted by atomic mass is 10.2. The predicted octanol–water partition coefficient (Wildman–Crippen LogP) is 3.23. The summed E-state index contributed by atoms with van der Waals surface area (Å²) >= 11 is 1.40. The molecule has 0 bridgehead atoms. The Balaban J connectivity index is 1.89. The standard InChI is InChI=1S/C15H15N5S/c1-2-12-13(21-19-17-12)15-16-14(10-8-9-10)18-20(15)11-6-4-3-5-7-11/h3-7,10H,2,8-9H2,1H3. The van der Waals surface area contributed by atoms with E-state index in [0.717, 1.165) is 34.3 Å². The second-order valence-electron chi connectivity index (χ2n) is 5.22. The molecule has 0 spiro atoms. The monoisotopic (exact) mass is 297 g/mol. The van der Waals surface area contributed by atoms with E-state index in [1.807, 2.05) is 22.9 Å². The molecule has 0 unspecified atom stereocenters. The summed E-state index contributed by atoms with van der Waals surface area (Å²) in [6.45, 7) is 2.09. The third kappa shape index (κ3) is 2.25. The van der Waals surface area contributed by atoms with Crippen molar-refractivity contribution in [1.82, 2.24) is 24.4 Å². The number of para-hydroxylation sites is 1. The van der Waals surface area contributed by atoms with Crippen LogP contribution in [0.1, 0.15) is 37.2 Å². The lowest BCUT2D eigenvalue weighted by molar-refractivity contribution is 0.838. The van der Waals surface area contributed by atoms with Crippen LogP contribution in [0.5, 0.6) is 0 Å². The number of nitrogens with zero attached hydrogens (tertiary/aromatic N) is 5. The third-order valence-electron chi connectivity index (χ3n) is 3.66. The topological polar surface area (TPSA) is 56.5 Å². The van der Waals surface area contributed by atoms with Gasteiger partial charge in [-0.2, -0.15) is 5.10 Å². The highest BCUT2D eigenvalue weighted by atomic mass is 32.1. The molecular weight excluding hydrogens is 282 g/mol. The van der Waals surface area contributed by atoms with Crippen molar-refractivity contribution in [2.24, 2.45) is 0 Å². The first kappa shape index (κ1) is 12.6. The Kier molecular flexibility index (Phi) is 3.03. The second kappa shape index (κ2) is 5.04. The van der Waals surface area contributed by atoms with Crippen molar-refractivity contribution >= 4 is 11.5 Å². The second-order valence-corrected chi connectivity index (χ2v) is 5.97. The maximum Gasteiger partial charge on any atom is 0.177 e. The molecular formula is C15H15N5S. The van der Waals surface area contributed by atoms with Gasteiger partial charge in [0.15, 0.2) is 11.6 Å². The molecule has 3 aromatic rings. The molecule has 5 nitrogen and oxygen atoms in total. The Morgan fingerprint density at radius 2 is 2.05 bits per heavy atom. The minimum atomic E-state index is 0.527. The molecule has 6 heteroatoms. The third-order valence-corrected chi connectivity index (χ3v) is 4.42. The van der Waals surface area contributed by atoms with Gasteiger partial charge in [0.1, 0.15) is 4.88 Å². The molecule has 0 saturated heterocycles. The van der Waals surface area contributed by atoms with E-state index < -0.39 is 0 Å². The van der Waals surface area contributed by atoms with Crippen molar-refractivity contribution in [2.75, 3.05) is 0 Å². The summed E-state index contributed by atoms with van der Waals surface area (Å²) < 4.78 is 6.02. The summed E-state index contributed by atoms with van der Waals surface area (Å²) in [6.07, 6.45) is 3.24. The molecule has 1 saturated carbocycles. The van der Waals surface area contributed by atoms with E-state index in [0.29, 0.717) is 5.92 Å². The zero-order valence-electron chi connectivity index (χ0n) is 11.7. The summed E-state index contributed by atoms with van der Waals surface area (Å²) in [4.78, 5) is 5.81. The number of benzene rings is 1. The fourth-order valence-electron chi connectivity index (χ4n) is 2.35. The van der Waals surface area contributed by atoms with Crippen LogP contribution in [0.15, 0.2) is 30.3 Å². The summed E-state index contributed by atoms with van der Waals surface area (Å²) in [7, 11) is 0. The molecule has 106 valence electrons. The molecule has 2 heterocycles. The van der Waals surface area contributed by atoms with Gasteiger partial charge in [0, 0.05) is 5.92 Å². The fourth-order valence-corrected chi connectivity index (χ4v) is 3.07. The summed E-state index contributed by atoms with van der Waals surface area (Å²) in [5.41, 5.74) is 2.02. The maximum atomic E-state index is 4.78. The van der Waals surface area contributed by atoms with Crippen LogP contribution in [0, 0.1) is 0 Å². The van der Waals surface area contributed by atoms with Crippen LogP contribution in [0.2, 0.25) is 0 Å². The number of aryl methyl sites for hydroxylation is 1. The summed E-state index contributed by atoms with van der Waals surface area (Å²) in [5.74, 6) is 2.35. The van der Waals surface area contributed by atoms with Crippen molar-refractivity contribution in [3.63, 3.8) is 0 Å². The van der Waals surface area contributed by atoms with Gasteiger partial charge in [0.05, 0.1) is 11.4 Å². The molecule has 1 aromatic carbocycles. The molecule has 0 atom stereocenters. The highest BCUT2D eigenvalue weighted by Gasteiger charge is 2.30.